The molecule has 94 valence electrons. The summed E-state index contributed by atoms with van der Waals surface area (Å²) in [4.78, 5) is 0. The Bertz CT molecular complexity index is 382. The van der Waals surface area contributed by atoms with E-state index in [0.717, 1.165) is 29.4 Å². The highest BCUT2D eigenvalue weighted by Crippen LogP contribution is 2.31. The first-order chi connectivity index (χ1) is 8.08. The summed E-state index contributed by atoms with van der Waals surface area (Å²) in [7, 11) is 0. The number of rotatable bonds is 2. The van der Waals surface area contributed by atoms with Crippen LogP contribution < -0.4 is 5.32 Å². The number of anilines is 1. The van der Waals surface area contributed by atoms with Gasteiger partial charge in [-0.25, -0.2) is 0 Å². The molecule has 0 spiro atoms. The highest BCUT2D eigenvalue weighted by molar-refractivity contribution is 9.10. The second kappa shape index (κ2) is 5.40. The molecule has 1 aliphatic rings. The van der Waals surface area contributed by atoms with Crippen LogP contribution in [0.5, 0.6) is 0 Å². The van der Waals surface area contributed by atoms with E-state index in [1.165, 1.54) is 17.5 Å². The van der Waals surface area contributed by atoms with Gasteiger partial charge in [0.2, 0.25) is 0 Å². The lowest BCUT2D eigenvalue weighted by Gasteiger charge is -2.30. The highest BCUT2D eigenvalue weighted by Gasteiger charge is 2.23. The molecule has 0 saturated heterocycles. The second-order valence-electron chi connectivity index (χ2n) is 5.04. The van der Waals surface area contributed by atoms with Crippen LogP contribution in [0.15, 0.2) is 16.6 Å². The number of aliphatic hydroxyl groups is 1. The van der Waals surface area contributed by atoms with Gasteiger partial charge < -0.3 is 10.4 Å². The molecule has 0 radical (unpaired) electrons. The zero-order chi connectivity index (χ0) is 12.4. The molecular weight excluding hydrogens is 278 g/mol. The number of halogens is 1. The lowest BCUT2D eigenvalue weighted by Crippen LogP contribution is -2.36. The third-order valence-electron chi connectivity index (χ3n) is 3.49. The van der Waals surface area contributed by atoms with Crippen LogP contribution >= 0.6 is 15.9 Å². The molecule has 0 aliphatic heterocycles. The summed E-state index contributed by atoms with van der Waals surface area (Å²) in [5.74, 6) is 0. The van der Waals surface area contributed by atoms with Crippen molar-refractivity contribution in [2.75, 3.05) is 5.32 Å². The number of hydrogen-bond donors (Lipinski definition) is 2. The van der Waals surface area contributed by atoms with Gasteiger partial charge in [-0.05, 0) is 59.8 Å². The van der Waals surface area contributed by atoms with Gasteiger partial charge in [-0.3, -0.25) is 0 Å². The molecule has 2 nitrogen and oxygen atoms in total. The van der Waals surface area contributed by atoms with Gasteiger partial charge in [0.05, 0.1) is 17.8 Å². The fourth-order valence-electron chi connectivity index (χ4n) is 2.56. The smallest absolute Gasteiger partial charge is 0.0741 e. The van der Waals surface area contributed by atoms with Crippen molar-refractivity contribution in [1.82, 2.24) is 0 Å². The minimum absolute atomic E-state index is 0.196. The SMILES string of the molecule is Cc1cc(C)c(NC2CCCCC2O)c(Br)c1. The largest absolute Gasteiger partial charge is 0.391 e. The molecule has 1 aliphatic carbocycles. The summed E-state index contributed by atoms with van der Waals surface area (Å²) in [6.45, 7) is 4.20. The van der Waals surface area contributed by atoms with Crippen molar-refractivity contribution in [2.24, 2.45) is 0 Å². The van der Waals surface area contributed by atoms with Crippen LogP contribution in [0.4, 0.5) is 5.69 Å². The van der Waals surface area contributed by atoms with E-state index < -0.39 is 0 Å². The van der Waals surface area contributed by atoms with Crippen molar-refractivity contribution in [2.45, 2.75) is 51.7 Å². The van der Waals surface area contributed by atoms with Crippen LogP contribution in [-0.2, 0) is 0 Å². The van der Waals surface area contributed by atoms with Crippen LogP contribution in [-0.4, -0.2) is 17.3 Å². The summed E-state index contributed by atoms with van der Waals surface area (Å²) < 4.78 is 1.09. The van der Waals surface area contributed by atoms with E-state index in [-0.39, 0.29) is 12.1 Å². The van der Waals surface area contributed by atoms with Crippen molar-refractivity contribution in [3.63, 3.8) is 0 Å². The Labute approximate surface area is 112 Å². The van der Waals surface area contributed by atoms with Crippen LogP contribution in [0.25, 0.3) is 0 Å². The molecule has 2 rings (SSSR count). The molecule has 0 heterocycles. The normalized spacial score (nSPS) is 24.7. The molecule has 0 bridgehead atoms. The number of hydrogen-bond acceptors (Lipinski definition) is 2. The molecule has 0 aromatic heterocycles. The predicted octanol–water partition coefficient (Wildman–Crippen LogP) is 3.78. The Hall–Kier alpha value is -0.540. The third kappa shape index (κ3) is 3.02. The van der Waals surface area contributed by atoms with Gasteiger partial charge in [0.25, 0.3) is 0 Å². The Balaban J connectivity index is 2.17. The van der Waals surface area contributed by atoms with Gasteiger partial charge in [0.15, 0.2) is 0 Å². The van der Waals surface area contributed by atoms with Crippen LogP contribution in [0.1, 0.15) is 36.8 Å². The summed E-state index contributed by atoms with van der Waals surface area (Å²) in [6.07, 6.45) is 4.11. The van der Waals surface area contributed by atoms with Crippen LogP contribution in [0, 0.1) is 13.8 Å². The molecule has 0 amide bonds. The minimum atomic E-state index is -0.212. The Morgan fingerprint density at radius 3 is 2.59 bits per heavy atom. The predicted molar refractivity (Wildman–Crippen MR) is 75.5 cm³/mol. The van der Waals surface area contributed by atoms with Crippen LogP contribution in [0.2, 0.25) is 0 Å². The Kier molecular flexibility index (Phi) is 4.10. The topological polar surface area (TPSA) is 32.3 Å². The average molecular weight is 298 g/mol. The molecule has 1 aromatic carbocycles. The van der Waals surface area contributed by atoms with E-state index in [0.29, 0.717) is 0 Å². The summed E-state index contributed by atoms with van der Waals surface area (Å²) in [5, 5.41) is 13.5. The van der Waals surface area contributed by atoms with Crippen LogP contribution in [0.3, 0.4) is 0 Å². The monoisotopic (exact) mass is 297 g/mol. The van der Waals surface area contributed by atoms with E-state index in [9.17, 15) is 5.11 Å². The van der Waals surface area contributed by atoms with E-state index in [2.05, 4.69) is 47.2 Å². The second-order valence-corrected chi connectivity index (χ2v) is 5.90. The zero-order valence-corrected chi connectivity index (χ0v) is 12.0. The number of aliphatic hydroxyl groups excluding tert-OH is 1. The molecule has 1 saturated carbocycles. The molecule has 2 unspecified atom stereocenters. The van der Waals surface area contributed by atoms with Crippen molar-refractivity contribution in [3.05, 3.63) is 27.7 Å². The maximum Gasteiger partial charge on any atom is 0.0741 e. The van der Waals surface area contributed by atoms with Gasteiger partial charge in [-0.1, -0.05) is 18.9 Å². The van der Waals surface area contributed by atoms with E-state index in [1.54, 1.807) is 0 Å². The Morgan fingerprint density at radius 1 is 1.24 bits per heavy atom. The van der Waals surface area contributed by atoms with Gasteiger partial charge in [0, 0.05) is 4.47 Å². The lowest BCUT2D eigenvalue weighted by molar-refractivity contribution is 0.116. The molecule has 1 aromatic rings. The highest BCUT2D eigenvalue weighted by atomic mass is 79.9. The van der Waals surface area contributed by atoms with Gasteiger partial charge in [-0.15, -0.1) is 0 Å². The maximum absolute atomic E-state index is 9.99. The first-order valence-corrected chi connectivity index (χ1v) is 7.08. The summed E-state index contributed by atoms with van der Waals surface area (Å²) >= 11 is 3.60. The van der Waals surface area contributed by atoms with Gasteiger partial charge >= 0.3 is 0 Å². The zero-order valence-electron chi connectivity index (χ0n) is 10.5. The van der Waals surface area contributed by atoms with E-state index >= 15 is 0 Å². The van der Waals surface area contributed by atoms with E-state index in [4.69, 9.17) is 0 Å². The van der Waals surface area contributed by atoms with Crippen molar-refractivity contribution < 1.29 is 5.11 Å². The number of nitrogens with one attached hydrogen (secondary N) is 1. The molecule has 1 fully saturated rings. The lowest BCUT2D eigenvalue weighted by atomic mass is 9.92. The molecule has 2 N–H and O–H groups in total. The molecular formula is C14H20BrNO. The standard InChI is InChI=1S/C14H20BrNO/c1-9-7-10(2)14(11(15)8-9)16-12-5-3-4-6-13(12)17/h7-8,12-13,16-17H,3-6H2,1-2H3. The van der Waals surface area contributed by atoms with Crippen molar-refractivity contribution >= 4 is 21.6 Å². The molecule has 2 atom stereocenters. The molecule has 3 heteroatoms. The van der Waals surface area contributed by atoms with Gasteiger partial charge in [0.1, 0.15) is 0 Å². The summed E-state index contributed by atoms with van der Waals surface area (Å²) in [5.41, 5.74) is 3.61. The average Bonchev–Trinajstić information content (AvgIpc) is 2.25. The van der Waals surface area contributed by atoms with E-state index in [1.807, 2.05) is 0 Å². The fraction of sp³-hybridized carbons (Fsp3) is 0.571. The quantitative estimate of drug-likeness (QED) is 0.871. The number of benzene rings is 1. The van der Waals surface area contributed by atoms with Gasteiger partial charge in [-0.2, -0.15) is 0 Å². The number of aryl methyl sites for hydroxylation is 2. The fourth-order valence-corrected chi connectivity index (χ4v) is 3.35. The minimum Gasteiger partial charge on any atom is -0.391 e. The third-order valence-corrected chi connectivity index (χ3v) is 4.12. The summed E-state index contributed by atoms with van der Waals surface area (Å²) in [6, 6.07) is 4.48. The Morgan fingerprint density at radius 2 is 1.94 bits per heavy atom. The first-order valence-electron chi connectivity index (χ1n) is 6.29. The maximum atomic E-state index is 9.99. The van der Waals surface area contributed by atoms with Crippen molar-refractivity contribution in [3.8, 4) is 0 Å². The molecule has 17 heavy (non-hydrogen) atoms. The van der Waals surface area contributed by atoms with Crippen molar-refractivity contribution in [1.29, 1.82) is 0 Å². The first kappa shape index (κ1) is 12.9.